The molecule has 0 aromatic carbocycles. The molecule has 6 heteroatoms. The van der Waals surface area contributed by atoms with Gasteiger partial charge in [-0.05, 0) is 6.42 Å². The quantitative estimate of drug-likeness (QED) is 0.598. The minimum Gasteiger partial charge on any atom is -0.504 e. The largest absolute Gasteiger partial charge is 0.504 e. The van der Waals surface area contributed by atoms with Gasteiger partial charge in [-0.15, -0.1) is 0 Å². The van der Waals surface area contributed by atoms with Crippen molar-refractivity contribution in [1.82, 2.24) is 9.78 Å². The van der Waals surface area contributed by atoms with E-state index in [4.69, 9.17) is 15.3 Å². The predicted octanol–water partition coefficient (Wildman–Crippen LogP) is -0.331. The molecule has 6 nitrogen and oxygen atoms in total. The van der Waals surface area contributed by atoms with E-state index in [1.165, 1.54) is 0 Å². The molecule has 0 aliphatic heterocycles. The summed E-state index contributed by atoms with van der Waals surface area (Å²) in [5.74, 6) is -1.58. The summed E-state index contributed by atoms with van der Waals surface area (Å²) in [6.45, 7) is 0.234. The smallest absolute Gasteiger partial charge is 0.358 e. The van der Waals surface area contributed by atoms with Gasteiger partial charge in [0.2, 0.25) is 0 Å². The highest BCUT2D eigenvalue weighted by Crippen LogP contribution is 2.15. The van der Waals surface area contributed by atoms with Crippen LogP contribution in [0.25, 0.3) is 0 Å². The number of aromatic carboxylic acids is 1. The van der Waals surface area contributed by atoms with Gasteiger partial charge in [-0.1, -0.05) is 0 Å². The average molecular weight is 186 g/mol. The Bertz CT molecular complexity index is 307. The number of carboxylic acids is 1. The van der Waals surface area contributed by atoms with E-state index < -0.39 is 5.97 Å². The van der Waals surface area contributed by atoms with Crippen LogP contribution in [0.15, 0.2) is 6.20 Å². The summed E-state index contributed by atoms with van der Waals surface area (Å²) in [6.07, 6.45) is 1.47. The van der Waals surface area contributed by atoms with E-state index >= 15 is 0 Å². The van der Waals surface area contributed by atoms with Crippen LogP contribution >= 0.6 is 0 Å². The number of hydrogen-bond acceptors (Lipinski definition) is 4. The Morgan fingerprint density at radius 3 is 2.85 bits per heavy atom. The Kier molecular flexibility index (Phi) is 2.86. The zero-order valence-electron chi connectivity index (χ0n) is 6.84. The number of carboxylic acid groups (broad SMARTS) is 1. The third kappa shape index (κ3) is 1.97. The lowest BCUT2D eigenvalue weighted by molar-refractivity contribution is 0.0679. The Balaban J connectivity index is 2.87. The molecule has 72 valence electrons. The van der Waals surface area contributed by atoms with Crippen LogP contribution in [-0.4, -0.2) is 37.7 Å². The van der Waals surface area contributed by atoms with Gasteiger partial charge in [-0.3, -0.25) is 4.68 Å². The first-order valence-electron chi connectivity index (χ1n) is 3.75. The summed E-state index contributed by atoms with van der Waals surface area (Å²) in [5.41, 5.74) is -0.242. The average Bonchev–Trinajstić information content (AvgIpc) is 2.43. The number of nitrogens with zero attached hydrogens (tertiary/aromatic N) is 2. The van der Waals surface area contributed by atoms with E-state index in [0.717, 1.165) is 10.9 Å². The number of aryl methyl sites for hydroxylation is 1. The van der Waals surface area contributed by atoms with E-state index in [-0.39, 0.29) is 24.6 Å². The first-order chi connectivity index (χ1) is 6.16. The minimum atomic E-state index is -1.23. The molecule has 0 bridgehead atoms. The van der Waals surface area contributed by atoms with E-state index in [1.807, 2.05) is 0 Å². The first-order valence-corrected chi connectivity index (χ1v) is 3.75. The van der Waals surface area contributed by atoms with Crippen molar-refractivity contribution < 1.29 is 20.1 Å². The van der Waals surface area contributed by atoms with Gasteiger partial charge in [0.1, 0.15) is 0 Å². The van der Waals surface area contributed by atoms with Crippen molar-refractivity contribution in [1.29, 1.82) is 0 Å². The molecular weight excluding hydrogens is 176 g/mol. The highest BCUT2D eigenvalue weighted by atomic mass is 16.4. The lowest BCUT2D eigenvalue weighted by atomic mass is 10.4. The van der Waals surface area contributed by atoms with Crippen molar-refractivity contribution in [3.63, 3.8) is 0 Å². The van der Waals surface area contributed by atoms with Crippen LogP contribution in [0.5, 0.6) is 5.75 Å². The summed E-state index contributed by atoms with van der Waals surface area (Å²) in [4.78, 5) is 10.6. The van der Waals surface area contributed by atoms with Gasteiger partial charge in [0, 0.05) is 13.2 Å². The van der Waals surface area contributed by atoms with Crippen LogP contribution in [0, 0.1) is 0 Å². The number of carbonyl (C=O) groups is 1. The molecule has 1 heterocycles. The normalized spacial score (nSPS) is 10.2. The standard InChI is InChI=1S/C7H10N2O4/c10-3-1-2-9-6(7(12)13)5(11)4-8-9/h4,10-11H,1-3H2,(H,12,13). The maximum Gasteiger partial charge on any atom is 0.358 e. The second-order valence-corrected chi connectivity index (χ2v) is 2.48. The van der Waals surface area contributed by atoms with Crippen LogP contribution in [0.4, 0.5) is 0 Å². The van der Waals surface area contributed by atoms with Gasteiger partial charge in [0.05, 0.1) is 6.20 Å². The molecule has 0 atom stereocenters. The van der Waals surface area contributed by atoms with Crippen LogP contribution in [-0.2, 0) is 6.54 Å². The van der Waals surface area contributed by atoms with Crippen molar-refractivity contribution in [3.8, 4) is 5.75 Å². The fraction of sp³-hybridized carbons (Fsp3) is 0.429. The molecule has 13 heavy (non-hydrogen) atoms. The van der Waals surface area contributed by atoms with Gasteiger partial charge >= 0.3 is 5.97 Å². The maximum atomic E-state index is 10.6. The minimum absolute atomic E-state index is 0.0420. The number of aromatic hydroxyl groups is 1. The molecule has 1 aromatic heterocycles. The fourth-order valence-corrected chi connectivity index (χ4v) is 0.985. The molecule has 1 aromatic rings. The molecule has 0 saturated heterocycles. The SMILES string of the molecule is O=C(O)c1c(O)cnn1CCCO. The summed E-state index contributed by atoms with van der Waals surface area (Å²) in [7, 11) is 0. The van der Waals surface area contributed by atoms with E-state index in [0.29, 0.717) is 6.42 Å². The van der Waals surface area contributed by atoms with Gasteiger partial charge in [-0.2, -0.15) is 5.10 Å². The van der Waals surface area contributed by atoms with Crippen molar-refractivity contribution in [2.75, 3.05) is 6.61 Å². The number of hydrogen-bond donors (Lipinski definition) is 3. The lowest BCUT2D eigenvalue weighted by Gasteiger charge is -2.01. The zero-order valence-corrected chi connectivity index (χ0v) is 6.84. The number of aliphatic hydroxyl groups is 1. The van der Waals surface area contributed by atoms with Crippen LogP contribution in [0.3, 0.4) is 0 Å². The molecule has 1 rings (SSSR count). The molecule has 0 radical (unpaired) electrons. The molecule has 3 N–H and O–H groups in total. The highest BCUT2D eigenvalue weighted by molar-refractivity contribution is 5.88. The number of rotatable bonds is 4. The molecule has 0 fully saturated rings. The fourth-order valence-electron chi connectivity index (χ4n) is 0.985. The van der Waals surface area contributed by atoms with Crippen LogP contribution in [0.1, 0.15) is 16.9 Å². The van der Waals surface area contributed by atoms with Gasteiger partial charge < -0.3 is 15.3 Å². The Labute approximate surface area is 74.0 Å². The van der Waals surface area contributed by atoms with Crippen molar-refractivity contribution in [3.05, 3.63) is 11.9 Å². The summed E-state index contributed by atoms with van der Waals surface area (Å²) >= 11 is 0. The van der Waals surface area contributed by atoms with Crippen LogP contribution in [0.2, 0.25) is 0 Å². The van der Waals surface area contributed by atoms with Gasteiger partial charge in [0.25, 0.3) is 0 Å². The summed E-state index contributed by atoms with van der Waals surface area (Å²) in [6, 6.07) is 0. The lowest BCUT2D eigenvalue weighted by Crippen LogP contribution is -2.11. The predicted molar refractivity (Wildman–Crippen MR) is 42.6 cm³/mol. The van der Waals surface area contributed by atoms with Crippen molar-refractivity contribution >= 4 is 5.97 Å². The number of aromatic nitrogens is 2. The Hall–Kier alpha value is -1.56. The van der Waals surface area contributed by atoms with Gasteiger partial charge in [0.15, 0.2) is 11.4 Å². The Morgan fingerprint density at radius 1 is 1.62 bits per heavy atom. The van der Waals surface area contributed by atoms with Gasteiger partial charge in [-0.25, -0.2) is 4.79 Å². The highest BCUT2D eigenvalue weighted by Gasteiger charge is 2.16. The third-order valence-electron chi connectivity index (χ3n) is 1.55. The molecule has 0 aliphatic rings. The Morgan fingerprint density at radius 2 is 2.31 bits per heavy atom. The van der Waals surface area contributed by atoms with Crippen molar-refractivity contribution in [2.45, 2.75) is 13.0 Å². The van der Waals surface area contributed by atoms with E-state index in [1.54, 1.807) is 0 Å². The molecule has 0 spiro atoms. The second-order valence-electron chi connectivity index (χ2n) is 2.48. The van der Waals surface area contributed by atoms with Crippen molar-refractivity contribution in [2.24, 2.45) is 0 Å². The maximum absolute atomic E-state index is 10.6. The summed E-state index contributed by atoms with van der Waals surface area (Å²) in [5, 5.41) is 29.9. The summed E-state index contributed by atoms with van der Waals surface area (Å²) < 4.78 is 1.15. The zero-order chi connectivity index (χ0) is 9.84. The second kappa shape index (κ2) is 3.90. The molecular formula is C7H10N2O4. The molecule has 0 saturated carbocycles. The van der Waals surface area contributed by atoms with E-state index in [9.17, 15) is 4.79 Å². The number of aliphatic hydroxyl groups excluding tert-OH is 1. The third-order valence-corrected chi connectivity index (χ3v) is 1.55. The van der Waals surface area contributed by atoms with Crippen LogP contribution < -0.4 is 0 Å². The first kappa shape index (κ1) is 9.53. The molecule has 0 amide bonds. The molecule has 0 aliphatic carbocycles. The monoisotopic (exact) mass is 186 g/mol. The molecule has 0 unspecified atom stereocenters. The topological polar surface area (TPSA) is 95.6 Å². The van der Waals surface area contributed by atoms with E-state index in [2.05, 4.69) is 5.10 Å².